The molecule has 1 fully saturated rings. The van der Waals surface area contributed by atoms with Gasteiger partial charge in [0.1, 0.15) is 0 Å². The van der Waals surface area contributed by atoms with Gasteiger partial charge in [0.2, 0.25) is 11.6 Å². The van der Waals surface area contributed by atoms with Crippen molar-refractivity contribution in [3.8, 4) is 11.5 Å². The van der Waals surface area contributed by atoms with Gasteiger partial charge in [0, 0.05) is 5.56 Å². The third kappa shape index (κ3) is 8.16. The molecule has 0 radical (unpaired) electrons. The summed E-state index contributed by atoms with van der Waals surface area (Å²) >= 11 is 0. The molecule has 2 nitrogen and oxygen atoms in total. The van der Waals surface area contributed by atoms with Crippen molar-refractivity contribution >= 4 is 5.57 Å². The molecule has 0 spiro atoms. The lowest BCUT2D eigenvalue weighted by Crippen LogP contribution is -2.15. The first kappa shape index (κ1) is 38.9. The molecule has 0 bridgehead atoms. The molecule has 278 valence electrons. The van der Waals surface area contributed by atoms with Crippen molar-refractivity contribution in [2.45, 2.75) is 90.4 Å². The second-order valence-electron chi connectivity index (χ2n) is 13.3. The average molecular weight is 731 g/mol. The minimum absolute atomic E-state index is 0.0837. The van der Waals surface area contributed by atoms with Crippen LogP contribution in [0.4, 0.5) is 35.1 Å². The molecule has 0 aliphatic heterocycles. The van der Waals surface area contributed by atoms with Gasteiger partial charge in [0.15, 0.2) is 46.4 Å². The fourth-order valence-corrected chi connectivity index (χ4v) is 7.20. The van der Waals surface area contributed by atoms with Crippen LogP contribution in [-0.2, 0) is 0 Å². The summed E-state index contributed by atoms with van der Waals surface area (Å²) in [4.78, 5) is 0. The summed E-state index contributed by atoms with van der Waals surface area (Å²) in [6, 6.07) is 12.3. The van der Waals surface area contributed by atoms with Crippen molar-refractivity contribution in [2.75, 3.05) is 13.2 Å². The van der Waals surface area contributed by atoms with Crippen LogP contribution in [0.15, 0.2) is 54.6 Å². The molecular weight excluding hydrogens is 688 g/mol. The average Bonchev–Trinajstić information content (AvgIpc) is 3.15. The Kier molecular flexibility index (Phi) is 12.7. The normalized spacial score (nSPS) is 18.7. The highest BCUT2D eigenvalue weighted by Crippen LogP contribution is 2.43. The largest absolute Gasteiger partial charge is 0.491 e. The number of hydrogen-bond donors (Lipinski definition) is 0. The molecule has 2 aliphatic rings. The molecular formula is C42H42F8O2. The highest BCUT2D eigenvalue weighted by molar-refractivity contribution is 5.68. The van der Waals surface area contributed by atoms with Crippen LogP contribution in [0, 0.1) is 60.4 Å². The van der Waals surface area contributed by atoms with E-state index in [-0.39, 0.29) is 59.2 Å². The lowest BCUT2D eigenvalue weighted by atomic mass is 9.75. The van der Waals surface area contributed by atoms with Crippen molar-refractivity contribution in [2.24, 2.45) is 0 Å². The van der Waals surface area contributed by atoms with Gasteiger partial charge in [0.25, 0.3) is 0 Å². The minimum Gasteiger partial charge on any atom is -0.491 e. The van der Waals surface area contributed by atoms with Gasteiger partial charge >= 0.3 is 0 Å². The SMILES string of the molecule is CCOc1ccc(C2=CCC(c3ccc(C)c(F)c3F)CC2)c(F)c1F.CCOc1ccc(C2CCC(c3ccc(C)c(F)c3F)CC2)c(F)c1F. The second kappa shape index (κ2) is 17.0. The van der Waals surface area contributed by atoms with Crippen LogP contribution in [0.3, 0.4) is 0 Å². The van der Waals surface area contributed by atoms with Crippen LogP contribution in [0.1, 0.15) is 110 Å². The van der Waals surface area contributed by atoms with E-state index in [1.165, 1.54) is 32.0 Å². The standard InChI is InChI=1S/C21H22F4O.C21H20F4O/c2*1-3-26-17-11-10-16(20(24)21(17)25)14-7-5-13(6-8-14)15-9-4-12(2)18(22)19(15)23/h4,9-11,13-14H,3,5-8H2,1-2H3;4,7,9-11,13H,3,5-6,8H2,1-2H3. The summed E-state index contributed by atoms with van der Waals surface area (Å²) in [7, 11) is 0. The molecule has 0 aromatic heterocycles. The van der Waals surface area contributed by atoms with Crippen molar-refractivity contribution < 1.29 is 44.6 Å². The number of hydrogen-bond acceptors (Lipinski definition) is 2. The number of benzene rings is 4. The quantitative estimate of drug-likeness (QED) is 0.168. The van der Waals surface area contributed by atoms with Gasteiger partial charge in [-0.2, -0.15) is 8.78 Å². The van der Waals surface area contributed by atoms with E-state index in [0.717, 1.165) is 0 Å². The molecule has 1 saturated carbocycles. The lowest BCUT2D eigenvalue weighted by molar-refractivity contribution is 0.310. The Labute approximate surface area is 299 Å². The van der Waals surface area contributed by atoms with E-state index >= 15 is 0 Å². The Morgan fingerprint density at radius 3 is 1.37 bits per heavy atom. The third-order valence-corrected chi connectivity index (χ3v) is 10.1. The summed E-state index contributed by atoms with van der Waals surface area (Å²) in [5.41, 5.74) is 2.47. The smallest absolute Gasteiger partial charge is 0.201 e. The Morgan fingerprint density at radius 1 is 0.481 bits per heavy atom. The van der Waals surface area contributed by atoms with E-state index in [1.54, 1.807) is 50.3 Å². The van der Waals surface area contributed by atoms with Gasteiger partial charge in [0.05, 0.1) is 13.2 Å². The van der Waals surface area contributed by atoms with Crippen molar-refractivity contribution in [3.05, 3.63) is 135 Å². The molecule has 4 aromatic rings. The Morgan fingerprint density at radius 2 is 0.904 bits per heavy atom. The number of aryl methyl sites for hydroxylation is 2. The van der Waals surface area contributed by atoms with Crippen LogP contribution in [-0.4, -0.2) is 13.2 Å². The summed E-state index contributed by atoms with van der Waals surface area (Å²) in [6.45, 7) is 6.96. The Hall–Kier alpha value is -4.34. The van der Waals surface area contributed by atoms with E-state index in [2.05, 4.69) is 0 Å². The molecule has 1 unspecified atom stereocenters. The van der Waals surface area contributed by atoms with E-state index < -0.39 is 46.5 Å². The van der Waals surface area contributed by atoms with E-state index in [1.807, 2.05) is 0 Å². The maximum atomic E-state index is 14.4. The Bertz CT molecular complexity index is 1930. The zero-order valence-corrected chi connectivity index (χ0v) is 29.6. The molecule has 6 rings (SSSR count). The van der Waals surface area contributed by atoms with Crippen LogP contribution in [0.2, 0.25) is 0 Å². The zero-order valence-electron chi connectivity index (χ0n) is 29.6. The molecule has 0 saturated heterocycles. The van der Waals surface area contributed by atoms with Crippen LogP contribution < -0.4 is 9.47 Å². The number of rotatable bonds is 8. The molecule has 0 heterocycles. The maximum absolute atomic E-state index is 14.4. The molecule has 52 heavy (non-hydrogen) atoms. The number of halogens is 8. The van der Waals surface area contributed by atoms with Gasteiger partial charge in [-0.05, 0) is 142 Å². The first-order valence-electron chi connectivity index (χ1n) is 17.7. The van der Waals surface area contributed by atoms with Gasteiger partial charge in [-0.3, -0.25) is 0 Å². The summed E-state index contributed by atoms with van der Waals surface area (Å²) in [6.07, 6.45) is 5.65. The molecule has 2 aliphatic carbocycles. The minimum atomic E-state index is -1.00. The molecule has 10 heteroatoms. The van der Waals surface area contributed by atoms with Crippen LogP contribution >= 0.6 is 0 Å². The predicted molar refractivity (Wildman–Crippen MR) is 186 cm³/mol. The van der Waals surface area contributed by atoms with Gasteiger partial charge < -0.3 is 9.47 Å². The third-order valence-electron chi connectivity index (χ3n) is 10.1. The summed E-state index contributed by atoms with van der Waals surface area (Å²) in [5.74, 6) is -7.59. The molecule has 0 amide bonds. The molecule has 1 atom stereocenters. The maximum Gasteiger partial charge on any atom is 0.201 e. The highest BCUT2D eigenvalue weighted by atomic mass is 19.2. The van der Waals surface area contributed by atoms with Gasteiger partial charge in [-0.15, -0.1) is 0 Å². The van der Waals surface area contributed by atoms with Crippen molar-refractivity contribution in [1.29, 1.82) is 0 Å². The first-order valence-corrected chi connectivity index (χ1v) is 17.7. The monoisotopic (exact) mass is 730 g/mol. The van der Waals surface area contributed by atoms with Crippen LogP contribution in [0.5, 0.6) is 11.5 Å². The molecule has 4 aromatic carbocycles. The predicted octanol–water partition coefficient (Wildman–Crippen LogP) is 12.7. The highest BCUT2D eigenvalue weighted by Gasteiger charge is 2.30. The van der Waals surface area contributed by atoms with Crippen LogP contribution in [0.25, 0.3) is 5.57 Å². The van der Waals surface area contributed by atoms with Gasteiger partial charge in [-0.25, -0.2) is 26.3 Å². The second-order valence-corrected chi connectivity index (χ2v) is 13.3. The summed E-state index contributed by atoms with van der Waals surface area (Å²) in [5, 5.41) is 0. The fourth-order valence-electron chi connectivity index (χ4n) is 7.20. The van der Waals surface area contributed by atoms with E-state index in [4.69, 9.17) is 9.47 Å². The number of allylic oxidation sites excluding steroid dienone is 2. The number of ether oxygens (including phenoxy) is 2. The Balaban J connectivity index is 0.000000201. The van der Waals surface area contributed by atoms with Gasteiger partial charge in [-0.1, -0.05) is 36.4 Å². The lowest BCUT2D eigenvalue weighted by Gasteiger charge is -2.29. The summed E-state index contributed by atoms with van der Waals surface area (Å²) < 4.78 is 123. The van der Waals surface area contributed by atoms with E-state index in [9.17, 15) is 35.1 Å². The molecule has 0 N–H and O–H groups in total. The first-order chi connectivity index (χ1) is 24.9. The van der Waals surface area contributed by atoms with Crippen molar-refractivity contribution in [1.82, 2.24) is 0 Å². The zero-order chi connectivity index (χ0) is 37.7. The fraction of sp³-hybridized carbons (Fsp3) is 0.381. The van der Waals surface area contributed by atoms with Crippen molar-refractivity contribution in [3.63, 3.8) is 0 Å². The topological polar surface area (TPSA) is 18.5 Å². The van der Waals surface area contributed by atoms with E-state index in [0.29, 0.717) is 67.2 Å².